The summed E-state index contributed by atoms with van der Waals surface area (Å²) in [5.74, 6) is -3.20. The molecular weight excluding hydrogens is 672 g/mol. The number of piperidine rings is 1. The second-order valence-electron chi connectivity index (χ2n) is 13.4. The molecule has 3 aliphatic heterocycles. The summed E-state index contributed by atoms with van der Waals surface area (Å²) >= 11 is 0. The van der Waals surface area contributed by atoms with Gasteiger partial charge in [0.25, 0.3) is 5.91 Å². The summed E-state index contributed by atoms with van der Waals surface area (Å²) in [7, 11) is 3.01. The van der Waals surface area contributed by atoms with Crippen molar-refractivity contribution in [2.24, 2.45) is 11.8 Å². The highest BCUT2D eigenvalue weighted by molar-refractivity contribution is 5.89. The van der Waals surface area contributed by atoms with Crippen LogP contribution in [-0.4, -0.2) is 97.8 Å². The third-order valence-electron chi connectivity index (χ3n) is 10.4. The fourth-order valence-corrected chi connectivity index (χ4v) is 7.68. The van der Waals surface area contributed by atoms with Crippen molar-refractivity contribution >= 4 is 23.4 Å². The maximum atomic E-state index is 17.7. The predicted octanol–water partition coefficient (Wildman–Crippen LogP) is 4.88. The topological polar surface area (TPSA) is 132 Å². The van der Waals surface area contributed by atoms with Gasteiger partial charge in [-0.3, -0.25) is 9.59 Å². The molecule has 1 aromatic heterocycles. The predicted molar refractivity (Wildman–Crippen MR) is 177 cm³/mol. The first kappa shape index (κ1) is 35.8. The Balaban J connectivity index is 1.33. The van der Waals surface area contributed by atoms with E-state index in [0.717, 1.165) is 12.1 Å². The van der Waals surface area contributed by atoms with E-state index < -0.39 is 47.0 Å². The monoisotopic (exact) mass is 710 g/mol. The number of ether oxygens (including phenoxy) is 2. The van der Waals surface area contributed by atoms with Crippen molar-refractivity contribution in [3.05, 3.63) is 77.0 Å². The number of halogens is 4. The largest absolute Gasteiger partial charge is 0.497 e. The zero-order valence-electron chi connectivity index (χ0n) is 28.1. The normalized spacial score (nSPS) is 24.1. The van der Waals surface area contributed by atoms with Gasteiger partial charge in [0.05, 0.1) is 31.7 Å². The second-order valence-corrected chi connectivity index (χ2v) is 13.4. The molecule has 1 amide bonds. The van der Waals surface area contributed by atoms with E-state index in [1.54, 1.807) is 40.1 Å². The SMILES string of the molecule is COC[C@H]1CN(C(=O)[C@]2(F)CN(c3ccc(C#N)nn3)C[C@H]2c2ccc(OC)cc2)C[C@@H]1c1ccc(C(F)(F)F)cc1N1CCC(C(=O)O)CC1. The molecule has 3 fully saturated rings. The van der Waals surface area contributed by atoms with Gasteiger partial charge < -0.3 is 29.3 Å². The number of carboxylic acid groups (broad SMARTS) is 1. The minimum atomic E-state index is -4.61. The van der Waals surface area contributed by atoms with Crippen molar-refractivity contribution in [1.82, 2.24) is 15.1 Å². The summed E-state index contributed by atoms with van der Waals surface area (Å²) in [6, 6.07) is 15.3. The molecule has 6 rings (SSSR count). The van der Waals surface area contributed by atoms with Gasteiger partial charge in [-0.25, -0.2) is 4.39 Å². The molecule has 3 aromatic rings. The molecule has 0 spiro atoms. The van der Waals surface area contributed by atoms with Gasteiger partial charge in [-0.1, -0.05) is 18.2 Å². The molecule has 3 saturated heterocycles. The minimum absolute atomic E-state index is 0.0362. The summed E-state index contributed by atoms with van der Waals surface area (Å²) in [5, 5.41) is 26.6. The van der Waals surface area contributed by atoms with Crippen LogP contribution in [0.1, 0.15) is 47.1 Å². The van der Waals surface area contributed by atoms with Crippen LogP contribution in [0.2, 0.25) is 0 Å². The van der Waals surface area contributed by atoms with Crippen LogP contribution in [0.5, 0.6) is 5.75 Å². The van der Waals surface area contributed by atoms with Gasteiger partial charge in [0.2, 0.25) is 5.67 Å². The Kier molecular flexibility index (Phi) is 10.1. The third kappa shape index (κ3) is 7.14. The van der Waals surface area contributed by atoms with E-state index in [1.165, 1.54) is 31.3 Å². The zero-order valence-corrected chi connectivity index (χ0v) is 28.1. The Morgan fingerprint density at radius 2 is 1.73 bits per heavy atom. The summed E-state index contributed by atoms with van der Waals surface area (Å²) in [6.07, 6.45) is -4.06. The van der Waals surface area contributed by atoms with Crippen LogP contribution in [0.3, 0.4) is 0 Å². The van der Waals surface area contributed by atoms with Crippen molar-refractivity contribution in [2.75, 3.05) is 69.9 Å². The first-order valence-corrected chi connectivity index (χ1v) is 16.6. The maximum absolute atomic E-state index is 17.7. The van der Waals surface area contributed by atoms with Crippen molar-refractivity contribution in [3.8, 4) is 11.8 Å². The van der Waals surface area contributed by atoms with Gasteiger partial charge in [-0.05, 0) is 60.4 Å². The standard InChI is InChI=1S/C36H38F4N6O5/c1-50-20-24-17-45(18-29(24)28-9-5-25(36(38,39)40)15-31(28)44-13-11-23(12-14-44)33(47)48)34(49)35(37)21-46(32-10-6-26(16-41)42-43-32)19-30(35)22-3-7-27(51-2)8-4-22/h3-10,15,23-24,29-30H,11-14,17-21H2,1-2H3,(H,47,48)/t24-,29+,30+,35+/m1/s1. The molecule has 2 aromatic carbocycles. The molecule has 0 unspecified atom stereocenters. The van der Waals surface area contributed by atoms with Crippen LogP contribution in [0.4, 0.5) is 29.1 Å². The van der Waals surface area contributed by atoms with E-state index in [-0.39, 0.29) is 70.3 Å². The van der Waals surface area contributed by atoms with Crippen molar-refractivity contribution in [1.29, 1.82) is 5.26 Å². The number of carboxylic acids is 1. The van der Waals surface area contributed by atoms with E-state index in [0.29, 0.717) is 28.4 Å². The van der Waals surface area contributed by atoms with Crippen molar-refractivity contribution < 1.29 is 41.7 Å². The van der Waals surface area contributed by atoms with Crippen LogP contribution >= 0.6 is 0 Å². The van der Waals surface area contributed by atoms with Gasteiger partial charge in [0, 0.05) is 63.3 Å². The Labute approximate surface area is 292 Å². The number of aliphatic carboxylic acids is 1. The third-order valence-corrected chi connectivity index (χ3v) is 10.4. The number of carbonyl (C=O) groups excluding carboxylic acids is 1. The van der Waals surface area contributed by atoms with Crippen LogP contribution in [0, 0.1) is 23.2 Å². The number of aromatic nitrogens is 2. The van der Waals surface area contributed by atoms with Gasteiger partial charge in [-0.15, -0.1) is 10.2 Å². The molecule has 51 heavy (non-hydrogen) atoms. The summed E-state index contributed by atoms with van der Waals surface area (Å²) in [5.41, 5.74) is -1.72. The molecule has 0 bridgehead atoms. The summed E-state index contributed by atoms with van der Waals surface area (Å²) in [6.45, 7) is 0.559. The van der Waals surface area contributed by atoms with Gasteiger partial charge in [-0.2, -0.15) is 18.4 Å². The van der Waals surface area contributed by atoms with Crippen molar-refractivity contribution in [3.63, 3.8) is 0 Å². The summed E-state index contributed by atoms with van der Waals surface area (Å²) in [4.78, 5) is 31.0. The molecule has 0 aliphatic carbocycles. The highest BCUT2D eigenvalue weighted by Gasteiger charge is 2.57. The fourth-order valence-electron chi connectivity index (χ4n) is 7.68. The second kappa shape index (κ2) is 14.3. The number of nitriles is 1. The average Bonchev–Trinajstić information content (AvgIpc) is 3.72. The number of rotatable bonds is 9. The highest BCUT2D eigenvalue weighted by Crippen LogP contribution is 2.46. The van der Waals surface area contributed by atoms with Crippen LogP contribution < -0.4 is 14.5 Å². The maximum Gasteiger partial charge on any atom is 0.416 e. The number of methoxy groups -OCH3 is 2. The first-order valence-electron chi connectivity index (χ1n) is 16.6. The van der Waals surface area contributed by atoms with Gasteiger partial charge in [0.15, 0.2) is 11.5 Å². The molecule has 270 valence electrons. The molecule has 0 saturated carbocycles. The Bertz CT molecular complexity index is 1780. The van der Waals surface area contributed by atoms with E-state index in [2.05, 4.69) is 10.2 Å². The van der Waals surface area contributed by atoms with E-state index in [1.807, 2.05) is 6.07 Å². The molecule has 1 N–H and O–H groups in total. The van der Waals surface area contributed by atoms with Crippen LogP contribution in [-0.2, 0) is 20.5 Å². The number of likely N-dealkylation sites (tertiary alicyclic amines) is 1. The van der Waals surface area contributed by atoms with E-state index >= 15 is 4.39 Å². The number of hydrogen-bond donors (Lipinski definition) is 1. The highest BCUT2D eigenvalue weighted by atomic mass is 19.4. The Morgan fingerprint density at radius 3 is 2.31 bits per heavy atom. The molecule has 15 heteroatoms. The van der Waals surface area contributed by atoms with Gasteiger partial charge in [0.1, 0.15) is 11.8 Å². The zero-order chi connectivity index (χ0) is 36.5. The molecular formula is C36H38F4N6O5. The number of alkyl halides is 4. The first-order chi connectivity index (χ1) is 24.4. The van der Waals surface area contributed by atoms with E-state index in [9.17, 15) is 27.9 Å². The average molecular weight is 711 g/mol. The quantitative estimate of drug-likeness (QED) is 0.307. The minimum Gasteiger partial charge on any atom is -0.497 e. The van der Waals surface area contributed by atoms with Crippen LogP contribution in [0.15, 0.2) is 54.6 Å². The lowest BCUT2D eigenvalue weighted by molar-refractivity contribution is -0.143. The number of hydrogen-bond acceptors (Lipinski definition) is 9. The number of carbonyl (C=O) groups is 2. The molecule has 0 radical (unpaired) electrons. The molecule has 4 heterocycles. The molecule has 3 aliphatic rings. The van der Waals surface area contributed by atoms with Crippen LogP contribution in [0.25, 0.3) is 0 Å². The van der Waals surface area contributed by atoms with Crippen molar-refractivity contribution in [2.45, 2.75) is 36.5 Å². The van der Waals surface area contributed by atoms with E-state index in [4.69, 9.17) is 14.7 Å². The Hall–Kier alpha value is -4.97. The smallest absolute Gasteiger partial charge is 0.416 e. The number of anilines is 2. The lowest BCUT2D eigenvalue weighted by Crippen LogP contribution is -2.50. The number of nitrogens with zero attached hydrogens (tertiary/aromatic N) is 6. The molecule has 11 nitrogen and oxygen atoms in total. The number of amides is 1. The number of benzene rings is 2. The summed E-state index contributed by atoms with van der Waals surface area (Å²) < 4.78 is 70.4. The Morgan fingerprint density at radius 1 is 1.00 bits per heavy atom. The molecule has 4 atom stereocenters. The van der Waals surface area contributed by atoms with Gasteiger partial charge >= 0.3 is 12.1 Å². The lowest BCUT2D eigenvalue weighted by atomic mass is 9.85. The fraction of sp³-hybridized carbons (Fsp3) is 0.472. The lowest BCUT2D eigenvalue weighted by Gasteiger charge is -2.35.